The van der Waals surface area contributed by atoms with Gasteiger partial charge in [0.15, 0.2) is 0 Å². The fourth-order valence-corrected chi connectivity index (χ4v) is 3.37. The summed E-state index contributed by atoms with van der Waals surface area (Å²) in [6.07, 6.45) is 3.52. The summed E-state index contributed by atoms with van der Waals surface area (Å²) >= 11 is 0. The highest BCUT2D eigenvalue weighted by Crippen LogP contribution is 2.41. The van der Waals surface area contributed by atoms with Gasteiger partial charge in [-0.2, -0.15) is 5.10 Å². The number of hydrogen-bond acceptors (Lipinski definition) is 3. The number of benzene rings is 1. The fraction of sp³-hybridized carbons (Fsp3) is 0.412. The third-order valence-electron chi connectivity index (χ3n) is 4.66. The second-order valence-electron chi connectivity index (χ2n) is 6.39. The number of carbonyl (C=O) groups is 1. The van der Waals surface area contributed by atoms with Gasteiger partial charge in [-0.1, -0.05) is 12.1 Å². The van der Waals surface area contributed by atoms with Crippen molar-refractivity contribution in [3.05, 3.63) is 53.1 Å². The molecule has 4 rings (SSSR count). The largest absolute Gasteiger partial charge is 0.391 e. The quantitative estimate of drug-likeness (QED) is 0.913. The number of likely N-dealkylation sites (tertiary alicyclic amines) is 1. The van der Waals surface area contributed by atoms with Crippen LogP contribution in [0.15, 0.2) is 30.5 Å². The van der Waals surface area contributed by atoms with Crippen molar-refractivity contribution in [2.75, 3.05) is 6.54 Å². The molecule has 1 aliphatic carbocycles. The maximum atomic E-state index is 13.5. The Kier molecular flexibility index (Phi) is 3.41. The molecule has 1 saturated heterocycles. The number of aromatic nitrogens is 2. The maximum Gasteiger partial charge on any atom is 0.257 e. The van der Waals surface area contributed by atoms with E-state index in [0.29, 0.717) is 23.5 Å². The van der Waals surface area contributed by atoms with Crippen molar-refractivity contribution in [3.63, 3.8) is 0 Å². The first-order valence-electron chi connectivity index (χ1n) is 7.91. The Morgan fingerprint density at radius 2 is 2.22 bits per heavy atom. The fourth-order valence-electron chi connectivity index (χ4n) is 3.37. The van der Waals surface area contributed by atoms with E-state index in [-0.39, 0.29) is 24.3 Å². The molecule has 0 radical (unpaired) electrons. The van der Waals surface area contributed by atoms with Gasteiger partial charge in [0.05, 0.1) is 29.6 Å². The molecule has 2 unspecified atom stereocenters. The van der Waals surface area contributed by atoms with Crippen molar-refractivity contribution in [1.29, 1.82) is 0 Å². The van der Waals surface area contributed by atoms with Crippen LogP contribution in [0.4, 0.5) is 4.39 Å². The molecule has 2 aliphatic rings. The van der Waals surface area contributed by atoms with Crippen LogP contribution in [0.25, 0.3) is 0 Å². The topological polar surface area (TPSA) is 69.2 Å². The number of amides is 1. The molecular formula is C17H18FN3O2. The van der Waals surface area contributed by atoms with Crippen LogP contribution in [-0.2, 0) is 0 Å². The van der Waals surface area contributed by atoms with Gasteiger partial charge in [-0.3, -0.25) is 9.89 Å². The molecule has 1 saturated carbocycles. The third kappa shape index (κ3) is 2.63. The molecule has 1 aromatic carbocycles. The predicted octanol–water partition coefficient (Wildman–Crippen LogP) is 2.37. The number of aliphatic hydroxyl groups is 1. The lowest BCUT2D eigenvalue weighted by Gasteiger charge is -2.24. The van der Waals surface area contributed by atoms with Gasteiger partial charge in [0.25, 0.3) is 5.91 Å². The lowest BCUT2D eigenvalue weighted by Crippen LogP contribution is -2.32. The number of nitrogens with one attached hydrogen (secondary N) is 1. The molecule has 1 amide bonds. The standard InChI is InChI=1S/C17H18FN3O2/c18-12-3-1-2-11(6-12)15-7-13(22)9-21(15)17(23)14-8-19-20-16(14)10-4-5-10/h1-3,6,8,10,13,15,22H,4-5,7,9H2,(H,19,20). The van der Waals surface area contributed by atoms with E-state index < -0.39 is 6.10 Å². The molecule has 1 aromatic heterocycles. The van der Waals surface area contributed by atoms with Crippen molar-refractivity contribution < 1.29 is 14.3 Å². The van der Waals surface area contributed by atoms with E-state index >= 15 is 0 Å². The smallest absolute Gasteiger partial charge is 0.257 e. The van der Waals surface area contributed by atoms with Gasteiger partial charge in [0.1, 0.15) is 5.82 Å². The van der Waals surface area contributed by atoms with Gasteiger partial charge in [0, 0.05) is 12.5 Å². The summed E-state index contributed by atoms with van der Waals surface area (Å²) in [5, 5.41) is 17.0. The second kappa shape index (κ2) is 5.45. The molecular weight excluding hydrogens is 297 g/mol. The normalized spacial score (nSPS) is 24.2. The number of β-amino-alcohol motifs (C(OH)–C–C–N with tert-alkyl or cyclic N) is 1. The van der Waals surface area contributed by atoms with Crippen molar-refractivity contribution >= 4 is 5.91 Å². The van der Waals surface area contributed by atoms with Crippen LogP contribution in [-0.4, -0.2) is 38.8 Å². The van der Waals surface area contributed by atoms with Crippen LogP contribution >= 0.6 is 0 Å². The monoisotopic (exact) mass is 315 g/mol. The highest BCUT2D eigenvalue weighted by molar-refractivity contribution is 5.96. The first-order chi connectivity index (χ1) is 11.1. The molecule has 2 heterocycles. The van der Waals surface area contributed by atoms with E-state index in [2.05, 4.69) is 10.2 Å². The minimum atomic E-state index is -0.594. The third-order valence-corrected chi connectivity index (χ3v) is 4.66. The van der Waals surface area contributed by atoms with Crippen LogP contribution < -0.4 is 0 Å². The van der Waals surface area contributed by atoms with E-state index in [1.807, 2.05) is 0 Å². The minimum Gasteiger partial charge on any atom is -0.391 e. The van der Waals surface area contributed by atoms with Crippen molar-refractivity contribution in [1.82, 2.24) is 15.1 Å². The molecule has 0 bridgehead atoms. The van der Waals surface area contributed by atoms with Gasteiger partial charge in [0.2, 0.25) is 0 Å². The highest BCUT2D eigenvalue weighted by Gasteiger charge is 2.38. The summed E-state index contributed by atoms with van der Waals surface area (Å²) in [5.74, 6) is -0.0960. The number of aliphatic hydroxyl groups excluding tert-OH is 1. The zero-order chi connectivity index (χ0) is 16.0. The van der Waals surface area contributed by atoms with Crippen LogP contribution in [0.3, 0.4) is 0 Å². The van der Waals surface area contributed by atoms with Crippen LogP contribution in [0.1, 0.15) is 52.8 Å². The number of halogens is 1. The maximum absolute atomic E-state index is 13.5. The van der Waals surface area contributed by atoms with E-state index in [0.717, 1.165) is 18.5 Å². The van der Waals surface area contributed by atoms with Gasteiger partial charge >= 0.3 is 0 Å². The molecule has 1 aliphatic heterocycles. The van der Waals surface area contributed by atoms with Crippen LogP contribution in [0.2, 0.25) is 0 Å². The lowest BCUT2D eigenvalue weighted by atomic mass is 10.0. The number of aromatic amines is 1. The Balaban J connectivity index is 1.65. The summed E-state index contributed by atoms with van der Waals surface area (Å²) in [6, 6.07) is 5.92. The molecule has 23 heavy (non-hydrogen) atoms. The van der Waals surface area contributed by atoms with Gasteiger partial charge in [-0.05, 0) is 37.0 Å². The van der Waals surface area contributed by atoms with Crippen LogP contribution in [0.5, 0.6) is 0 Å². The lowest BCUT2D eigenvalue weighted by molar-refractivity contribution is 0.0714. The predicted molar refractivity (Wildman–Crippen MR) is 81.4 cm³/mol. The number of carbonyl (C=O) groups excluding carboxylic acids is 1. The number of rotatable bonds is 3. The van der Waals surface area contributed by atoms with Crippen molar-refractivity contribution in [3.8, 4) is 0 Å². The molecule has 6 heteroatoms. The molecule has 5 nitrogen and oxygen atoms in total. The molecule has 0 spiro atoms. The summed E-state index contributed by atoms with van der Waals surface area (Å²) in [5.41, 5.74) is 2.17. The van der Waals surface area contributed by atoms with E-state index in [1.54, 1.807) is 23.2 Å². The van der Waals surface area contributed by atoms with Gasteiger partial charge in [-0.25, -0.2) is 4.39 Å². The SMILES string of the molecule is O=C(c1cn[nH]c1C1CC1)N1CC(O)CC1c1cccc(F)c1. The first-order valence-corrected chi connectivity index (χ1v) is 7.91. The Bertz CT molecular complexity index is 741. The Labute approximate surface area is 133 Å². The molecule has 2 aromatic rings. The summed E-state index contributed by atoms with van der Waals surface area (Å²) in [7, 11) is 0. The molecule has 2 atom stereocenters. The van der Waals surface area contributed by atoms with Gasteiger partial charge in [-0.15, -0.1) is 0 Å². The number of H-pyrrole nitrogens is 1. The van der Waals surface area contributed by atoms with E-state index in [9.17, 15) is 14.3 Å². The van der Waals surface area contributed by atoms with Gasteiger partial charge < -0.3 is 10.0 Å². The van der Waals surface area contributed by atoms with Crippen LogP contribution in [0, 0.1) is 5.82 Å². The summed E-state index contributed by atoms with van der Waals surface area (Å²) in [6.45, 7) is 0.259. The minimum absolute atomic E-state index is 0.147. The molecule has 2 N–H and O–H groups in total. The zero-order valence-electron chi connectivity index (χ0n) is 12.6. The van der Waals surface area contributed by atoms with E-state index in [4.69, 9.17) is 0 Å². The average molecular weight is 315 g/mol. The Morgan fingerprint density at radius 3 is 2.96 bits per heavy atom. The number of nitrogens with zero attached hydrogens (tertiary/aromatic N) is 2. The molecule has 120 valence electrons. The number of hydrogen-bond donors (Lipinski definition) is 2. The average Bonchev–Trinajstić information content (AvgIpc) is 3.12. The summed E-state index contributed by atoms with van der Waals surface area (Å²) < 4.78 is 13.5. The second-order valence-corrected chi connectivity index (χ2v) is 6.39. The highest BCUT2D eigenvalue weighted by atomic mass is 19.1. The zero-order valence-corrected chi connectivity index (χ0v) is 12.6. The van der Waals surface area contributed by atoms with Crippen molar-refractivity contribution in [2.24, 2.45) is 0 Å². The molecule has 2 fully saturated rings. The Hall–Kier alpha value is -2.21. The Morgan fingerprint density at radius 1 is 1.39 bits per heavy atom. The van der Waals surface area contributed by atoms with Crippen molar-refractivity contribution in [2.45, 2.75) is 37.3 Å². The first kappa shape index (κ1) is 14.4. The summed E-state index contributed by atoms with van der Waals surface area (Å²) in [4.78, 5) is 14.6. The van der Waals surface area contributed by atoms with E-state index in [1.165, 1.54) is 12.1 Å².